The van der Waals surface area contributed by atoms with Crippen LogP contribution >= 0.6 is 27.7 Å². The first-order chi connectivity index (χ1) is 16.7. The largest absolute Gasteiger partial charge is 0.466 e. The molecule has 3 fully saturated rings. The molecule has 35 heavy (non-hydrogen) atoms. The molecule has 3 unspecified atom stereocenters. The van der Waals surface area contributed by atoms with Gasteiger partial charge in [0.1, 0.15) is 6.04 Å². The van der Waals surface area contributed by atoms with Crippen LogP contribution in [0.15, 0.2) is 30.9 Å². The molecule has 3 aliphatic heterocycles. The Hall–Kier alpha value is -1.84. The highest BCUT2D eigenvalue weighted by Crippen LogP contribution is 2.68. The minimum absolute atomic E-state index is 0.00732. The van der Waals surface area contributed by atoms with Gasteiger partial charge < -0.3 is 19.6 Å². The zero-order valence-electron chi connectivity index (χ0n) is 20.4. The molecule has 0 radical (unpaired) electrons. The summed E-state index contributed by atoms with van der Waals surface area (Å²) >= 11 is 5.34. The maximum atomic E-state index is 14.5. The molecule has 190 valence electrons. The number of carbonyl (C=O) groups is 3. The summed E-state index contributed by atoms with van der Waals surface area (Å²) in [4.78, 5) is 44.7. The van der Waals surface area contributed by atoms with E-state index in [0.717, 1.165) is 16.8 Å². The van der Waals surface area contributed by atoms with Crippen molar-refractivity contribution in [3.05, 3.63) is 42.0 Å². The number of thioether (sulfide) groups is 1. The van der Waals surface area contributed by atoms with Crippen molar-refractivity contribution in [1.82, 2.24) is 4.90 Å². The Balaban J connectivity index is 1.82. The molecule has 0 saturated carbocycles. The predicted molar refractivity (Wildman–Crippen MR) is 141 cm³/mol. The monoisotopic (exact) mass is 564 g/mol. The van der Waals surface area contributed by atoms with E-state index in [2.05, 4.69) is 22.5 Å². The summed E-state index contributed by atoms with van der Waals surface area (Å²) in [6.07, 6.45) is 2.66. The van der Waals surface area contributed by atoms with E-state index in [9.17, 15) is 19.5 Å². The number of aliphatic hydroxyl groups excluding tert-OH is 1. The van der Waals surface area contributed by atoms with E-state index in [1.807, 2.05) is 32.0 Å². The molecule has 3 heterocycles. The first-order valence-electron chi connectivity index (χ1n) is 12.1. The van der Waals surface area contributed by atoms with E-state index in [0.29, 0.717) is 19.4 Å². The van der Waals surface area contributed by atoms with Crippen LogP contribution < -0.4 is 4.90 Å². The van der Waals surface area contributed by atoms with Gasteiger partial charge in [-0.05, 0) is 44.7 Å². The number of anilines is 1. The van der Waals surface area contributed by atoms with Crippen molar-refractivity contribution in [3.8, 4) is 0 Å². The summed E-state index contributed by atoms with van der Waals surface area (Å²) in [5.74, 6) is -1.96. The molecular formula is C26H33BrN2O5S. The molecule has 3 aliphatic rings. The highest BCUT2D eigenvalue weighted by Gasteiger charge is 2.76. The van der Waals surface area contributed by atoms with E-state index in [1.54, 1.807) is 34.6 Å². The first-order valence-corrected chi connectivity index (χ1v) is 13.9. The van der Waals surface area contributed by atoms with E-state index < -0.39 is 22.6 Å². The molecular weight excluding hydrogens is 532 g/mol. The fraction of sp³-hybridized carbons (Fsp3) is 0.577. The Kier molecular flexibility index (Phi) is 7.69. The maximum absolute atomic E-state index is 14.5. The number of halogens is 1. The highest BCUT2D eigenvalue weighted by atomic mass is 79.9. The molecule has 1 aromatic rings. The van der Waals surface area contributed by atoms with Gasteiger partial charge in [-0.3, -0.25) is 14.4 Å². The lowest BCUT2D eigenvalue weighted by Gasteiger charge is -2.38. The number of esters is 1. The number of benzene rings is 1. The van der Waals surface area contributed by atoms with Gasteiger partial charge in [0.2, 0.25) is 5.91 Å². The van der Waals surface area contributed by atoms with Gasteiger partial charge in [0, 0.05) is 35.5 Å². The van der Waals surface area contributed by atoms with E-state index in [1.165, 1.54) is 0 Å². The van der Waals surface area contributed by atoms with Crippen LogP contribution in [-0.2, 0) is 19.1 Å². The zero-order valence-corrected chi connectivity index (χ0v) is 22.8. The normalized spacial score (nSPS) is 30.9. The van der Waals surface area contributed by atoms with Gasteiger partial charge in [0.05, 0.1) is 23.2 Å². The number of carbonyl (C=O) groups excluding carboxylic acids is 3. The van der Waals surface area contributed by atoms with Crippen molar-refractivity contribution >= 4 is 51.2 Å². The lowest BCUT2D eigenvalue weighted by atomic mass is 9.71. The number of aliphatic hydroxyl groups is 1. The Bertz CT molecular complexity index is 1010. The van der Waals surface area contributed by atoms with Gasteiger partial charge in [0.15, 0.2) is 0 Å². The third-order valence-corrected chi connectivity index (χ3v) is 10.6. The zero-order chi connectivity index (χ0) is 25.5. The van der Waals surface area contributed by atoms with Crippen molar-refractivity contribution < 1.29 is 24.2 Å². The first kappa shape index (κ1) is 26.2. The maximum Gasteiger partial charge on any atom is 0.310 e. The molecule has 0 aromatic heterocycles. The minimum atomic E-state index is -0.750. The van der Waals surface area contributed by atoms with Gasteiger partial charge in [-0.15, -0.1) is 18.3 Å². The number of hydrogen-bond acceptors (Lipinski definition) is 6. The molecule has 9 heteroatoms. The average molecular weight is 566 g/mol. The molecule has 6 atom stereocenters. The van der Waals surface area contributed by atoms with E-state index in [4.69, 9.17) is 4.74 Å². The summed E-state index contributed by atoms with van der Waals surface area (Å²) in [7, 11) is 0. The van der Waals surface area contributed by atoms with Crippen LogP contribution in [0.3, 0.4) is 0 Å². The van der Waals surface area contributed by atoms with Crippen LogP contribution in [0.25, 0.3) is 0 Å². The highest BCUT2D eigenvalue weighted by molar-refractivity contribution is 9.09. The van der Waals surface area contributed by atoms with Gasteiger partial charge in [0.25, 0.3) is 5.91 Å². The number of likely N-dealkylation sites (tertiary alicyclic amines) is 1. The summed E-state index contributed by atoms with van der Waals surface area (Å²) in [6, 6.07) is 5.15. The molecule has 3 saturated heterocycles. The van der Waals surface area contributed by atoms with Crippen LogP contribution in [0.4, 0.5) is 5.69 Å². The van der Waals surface area contributed by atoms with E-state index >= 15 is 0 Å². The predicted octanol–water partition coefficient (Wildman–Crippen LogP) is 3.23. The second kappa shape index (κ2) is 10.3. The second-order valence-electron chi connectivity index (χ2n) is 9.50. The molecule has 1 N–H and O–H groups in total. The fourth-order valence-corrected chi connectivity index (χ4v) is 9.79. The van der Waals surface area contributed by atoms with Crippen molar-refractivity contribution in [3.63, 3.8) is 0 Å². The molecule has 2 bridgehead atoms. The van der Waals surface area contributed by atoms with Gasteiger partial charge in [-0.2, -0.15) is 0 Å². The quantitative estimate of drug-likeness (QED) is 0.281. The lowest BCUT2D eigenvalue weighted by molar-refractivity contribution is -0.153. The number of amides is 2. The van der Waals surface area contributed by atoms with Crippen LogP contribution in [0.2, 0.25) is 0 Å². The third-order valence-electron chi connectivity index (χ3n) is 7.43. The molecule has 1 aromatic carbocycles. The van der Waals surface area contributed by atoms with Crippen molar-refractivity contribution in [1.29, 1.82) is 0 Å². The number of hydrogen-bond donors (Lipinski definition) is 1. The Morgan fingerprint density at radius 3 is 2.66 bits per heavy atom. The number of fused-ring (bicyclic) bond motifs is 1. The minimum Gasteiger partial charge on any atom is -0.466 e. The standard InChI is InChI=1S/C26H33BrN2O5S/c1-5-11-28(20-15(3)9-7-10-16(20)4)24(32)22-26-14-17(27)21(35-26)18(25(33)34-6-2)19(26)23(31)29(22)12-8-13-30/h5,7,9-10,17-19,21-22,30H,1,6,8,11-14H2,2-4H3/t17?,18-,19-,21-,22?,26?/m0/s1. The van der Waals surface area contributed by atoms with Crippen LogP contribution in [0.1, 0.15) is 30.9 Å². The fourth-order valence-electron chi connectivity index (χ4n) is 6.20. The Morgan fingerprint density at radius 1 is 1.37 bits per heavy atom. The molecule has 4 rings (SSSR count). The Labute approximate surface area is 219 Å². The van der Waals surface area contributed by atoms with Gasteiger partial charge in [-0.1, -0.05) is 40.2 Å². The number of ether oxygens (including phenoxy) is 1. The van der Waals surface area contributed by atoms with Gasteiger partial charge in [-0.25, -0.2) is 0 Å². The summed E-state index contributed by atoms with van der Waals surface area (Å²) in [5, 5.41) is 9.40. The number of nitrogens with zero attached hydrogens (tertiary/aromatic N) is 2. The van der Waals surface area contributed by atoms with Crippen molar-refractivity contribution in [2.45, 2.75) is 54.5 Å². The second-order valence-corrected chi connectivity index (χ2v) is 12.2. The van der Waals surface area contributed by atoms with Crippen molar-refractivity contribution in [2.24, 2.45) is 11.8 Å². The van der Waals surface area contributed by atoms with Crippen LogP contribution in [-0.4, -0.2) is 75.0 Å². The third kappa shape index (κ3) is 4.13. The smallest absolute Gasteiger partial charge is 0.310 e. The number of alkyl halides is 1. The lowest BCUT2D eigenvalue weighted by Crippen LogP contribution is -2.56. The molecule has 0 aliphatic carbocycles. The summed E-state index contributed by atoms with van der Waals surface area (Å²) in [5.41, 5.74) is 2.75. The number of rotatable bonds is 9. The van der Waals surface area contributed by atoms with Crippen LogP contribution in [0.5, 0.6) is 0 Å². The molecule has 2 amide bonds. The SMILES string of the molecule is C=CCN(C(=O)C1N(CCCO)C(=O)[C@@H]2[C@H](C(=O)OCC)[C@H]3SC12CC3Br)c1c(C)cccc1C. The van der Waals surface area contributed by atoms with Crippen LogP contribution in [0, 0.1) is 25.7 Å². The summed E-state index contributed by atoms with van der Waals surface area (Å²) < 4.78 is 4.65. The number of para-hydroxylation sites is 1. The Morgan fingerprint density at radius 2 is 2.06 bits per heavy atom. The van der Waals surface area contributed by atoms with Crippen molar-refractivity contribution in [2.75, 3.05) is 31.2 Å². The molecule has 1 spiro atoms. The number of aryl methyl sites for hydroxylation is 2. The molecule has 7 nitrogen and oxygen atoms in total. The average Bonchev–Trinajstić information content (AvgIpc) is 3.40. The summed E-state index contributed by atoms with van der Waals surface area (Å²) in [6.45, 7) is 10.3. The van der Waals surface area contributed by atoms with Gasteiger partial charge >= 0.3 is 5.97 Å². The van der Waals surface area contributed by atoms with E-state index in [-0.39, 0.29) is 47.6 Å². The topological polar surface area (TPSA) is 87.2 Å².